The van der Waals surface area contributed by atoms with Crippen molar-refractivity contribution in [3.8, 4) is 11.6 Å². The van der Waals surface area contributed by atoms with E-state index < -0.39 is 0 Å². The van der Waals surface area contributed by atoms with Gasteiger partial charge < -0.3 is 15.1 Å². The number of guanidine groups is 1. The number of nitrogens with zero attached hydrogens (tertiary/aromatic N) is 3. The lowest BCUT2D eigenvalue weighted by molar-refractivity contribution is 0.577. The van der Waals surface area contributed by atoms with Crippen molar-refractivity contribution in [1.29, 1.82) is 0 Å². The molecule has 0 saturated carbocycles. The fourth-order valence-electron chi connectivity index (χ4n) is 2.70. The second-order valence-electron chi connectivity index (χ2n) is 6.08. The van der Waals surface area contributed by atoms with Crippen LogP contribution in [0.25, 0.3) is 11.6 Å². The Labute approximate surface area is 157 Å². The van der Waals surface area contributed by atoms with Gasteiger partial charge in [0.2, 0.25) is 5.82 Å². The number of aromatic amines is 1. The van der Waals surface area contributed by atoms with Gasteiger partial charge in [-0.05, 0) is 48.7 Å². The summed E-state index contributed by atoms with van der Waals surface area (Å²) in [5.74, 6) is 2.46. The summed E-state index contributed by atoms with van der Waals surface area (Å²) >= 11 is 0. The van der Waals surface area contributed by atoms with E-state index in [1.165, 1.54) is 6.07 Å². The maximum atomic E-state index is 13.2. The number of halogens is 1. The maximum Gasteiger partial charge on any atom is 0.216 e. The predicted molar refractivity (Wildman–Crippen MR) is 102 cm³/mol. The number of nitrogens with one attached hydrogen (secondary N) is 3. The van der Waals surface area contributed by atoms with Crippen LogP contribution in [-0.4, -0.2) is 41.3 Å². The van der Waals surface area contributed by atoms with Gasteiger partial charge in [0.25, 0.3) is 0 Å². The molecule has 0 saturated heterocycles. The highest BCUT2D eigenvalue weighted by atomic mass is 19.1. The largest absolute Gasteiger partial charge is 0.461 e. The molecule has 0 spiro atoms. The number of benzene rings is 1. The van der Waals surface area contributed by atoms with E-state index >= 15 is 0 Å². The number of hydrogen-bond acceptors (Lipinski definition) is 4. The van der Waals surface area contributed by atoms with Gasteiger partial charge >= 0.3 is 0 Å². The van der Waals surface area contributed by atoms with Crippen molar-refractivity contribution >= 4 is 5.96 Å². The Kier molecular flexibility index (Phi) is 6.19. The molecule has 0 fully saturated rings. The Morgan fingerprint density at radius 1 is 1.22 bits per heavy atom. The average Bonchev–Trinajstić information content (AvgIpc) is 3.33. The quantitative estimate of drug-likeness (QED) is 0.439. The zero-order chi connectivity index (χ0) is 19.1. The fourth-order valence-corrected chi connectivity index (χ4v) is 2.70. The van der Waals surface area contributed by atoms with Gasteiger partial charge in [0, 0.05) is 26.6 Å². The van der Waals surface area contributed by atoms with Gasteiger partial charge in [0.1, 0.15) is 11.6 Å². The number of aromatic nitrogens is 3. The summed E-state index contributed by atoms with van der Waals surface area (Å²) in [6, 6.07) is 8.49. The van der Waals surface area contributed by atoms with Crippen LogP contribution in [0.1, 0.15) is 17.0 Å². The number of aliphatic imine (C=N–C) groups is 1. The number of furan rings is 1. The molecule has 3 rings (SSSR count). The van der Waals surface area contributed by atoms with E-state index in [2.05, 4.69) is 30.8 Å². The normalized spacial score (nSPS) is 11.6. The van der Waals surface area contributed by atoms with E-state index in [9.17, 15) is 4.39 Å². The highest BCUT2D eigenvalue weighted by Gasteiger charge is 2.08. The van der Waals surface area contributed by atoms with Gasteiger partial charge in [0.15, 0.2) is 11.7 Å². The minimum atomic E-state index is -0.204. The van der Waals surface area contributed by atoms with Gasteiger partial charge in [-0.2, -0.15) is 5.10 Å². The fraction of sp³-hybridized carbons (Fsp3) is 0.316. The van der Waals surface area contributed by atoms with Gasteiger partial charge in [-0.1, -0.05) is 6.07 Å². The minimum Gasteiger partial charge on any atom is -0.461 e. The highest BCUT2D eigenvalue weighted by Crippen LogP contribution is 2.14. The third-order valence-corrected chi connectivity index (χ3v) is 4.14. The molecule has 2 aromatic heterocycles. The maximum absolute atomic E-state index is 13.2. The molecule has 1 aromatic carbocycles. The molecule has 142 valence electrons. The third-order valence-electron chi connectivity index (χ3n) is 4.14. The van der Waals surface area contributed by atoms with Crippen molar-refractivity contribution in [3.63, 3.8) is 0 Å². The summed E-state index contributed by atoms with van der Waals surface area (Å²) in [7, 11) is 1.72. The third kappa shape index (κ3) is 5.16. The van der Waals surface area contributed by atoms with Gasteiger partial charge in [-0.25, -0.2) is 9.37 Å². The standard InChI is InChI=1S/C19H23FN6O/c1-13-12-15(20)6-5-14(13)7-9-22-19(21-2)23-10-8-17-24-18(26-25-17)16-4-3-11-27-16/h3-6,11-12H,7-10H2,1-2H3,(H2,21,22,23)(H,24,25,26). The first-order valence-electron chi connectivity index (χ1n) is 8.80. The average molecular weight is 370 g/mol. The van der Waals surface area contributed by atoms with Crippen LogP contribution < -0.4 is 10.6 Å². The molecule has 3 aromatic rings. The van der Waals surface area contributed by atoms with Crippen LogP contribution in [0, 0.1) is 12.7 Å². The zero-order valence-corrected chi connectivity index (χ0v) is 15.4. The lowest BCUT2D eigenvalue weighted by Gasteiger charge is -2.12. The summed E-state index contributed by atoms with van der Waals surface area (Å²) < 4.78 is 18.4. The van der Waals surface area contributed by atoms with Crippen LogP contribution in [0.5, 0.6) is 0 Å². The van der Waals surface area contributed by atoms with Crippen molar-refractivity contribution in [2.45, 2.75) is 19.8 Å². The number of aryl methyl sites for hydroxylation is 1. The molecular formula is C19H23FN6O. The topological polar surface area (TPSA) is 91.1 Å². The van der Waals surface area contributed by atoms with E-state index in [1.54, 1.807) is 25.4 Å². The highest BCUT2D eigenvalue weighted by molar-refractivity contribution is 5.79. The molecule has 0 atom stereocenters. The summed E-state index contributed by atoms with van der Waals surface area (Å²) in [6.45, 7) is 3.28. The number of H-pyrrole nitrogens is 1. The summed E-state index contributed by atoms with van der Waals surface area (Å²) in [5.41, 5.74) is 2.07. The summed E-state index contributed by atoms with van der Waals surface area (Å²) in [5, 5.41) is 13.6. The molecule has 2 heterocycles. The Bertz CT molecular complexity index is 888. The molecule has 27 heavy (non-hydrogen) atoms. The Hall–Kier alpha value is -3.16. The molecule has 0 amide bonds. The monoisotopic (exact) mass is 370 g/mol. The van der Waals surface area contributed by atoms with Crippen molar-refractivity contribution < 1.29 is 8.81 Å². The van der Waals surface area contributed by atoms with E-state index in [0.29, 0.717) is 37.1 Å². The molecule has 0 unspecified atom stereocenters. The summed E-state index contributed by atoms with van der Waals surface area (Å²) in [6.07, 6.45) is 3.06. The van der Waals surface area contributed by atoms with Crippen molar-refractivity contribution in [2.24, 2.45) is 4.99 Å². The second kappa shape index (κ2) is 8.98. The van der Waals surface area contributed by atoms with Crippen LogP contribution in [0.3, 0.4) is 0 Å². The molecular weight excluding hydrogens is 347 g/mol. The van der Waals surface area contributed by atoms with Crippen LogP contribution >= 0.6 is 0 Å². The van der Waals surface area contributed by atoms with Crippen LogP contribution in [0.2, 0.25) is 0 Å². The lowest BCUT2D eigenvalue weighted by atomic mass is 10.1. The lowest BCUT2D eigenvalue weighted by Crippen LogP contribution is -2.39. The van der Waals surface area contributed by atoms with Crippen LogP contribution in [0.15, 0.2) is 46.0 Å². The minimum absolute atomic E-state index is 0.204. The molecule has 0 radical (unpaired) electrons. The van der Waals surface area contributed by atoms with Crippen molar-refractivity contribution in [2.75, 3.05) is 20.1 Å². The van der Waals surface area contributed by atoms with Crippen molar-refractivity contribution in [1.82, 2.24) is 25.8 Å². The Morgan fingerprint density at radius 3 is 2.74 bits per heavy atom. The van der Waals surface area contributed by atoms with Gasteiger partial charge in [0.05, 0.1) is 6.26 Å². The van der Waals surface area contributed by atoms with Crippen LogP contribution in [0.4, 0.5) is 4.39 Å². The van der Waals surface area contributed by atoms with E-state index in [4.69, 9.17) is 4.42 Å². The molecule has 7 nitrogen and oxygen atoms in total. The number of rotatable bonds is 7. The van der Waals surface area contributed by atoms with Crippen LogP contribution in [-0.2, 0) is 12.8 Å². The van der Waals surface area contributed by atoms with E-state index in [1.807, 2.05) is 19.1 Å². The molecule has 0 aliphatic carbocycles. The molecule has 0 aliphatic heterocycles. The molecule has 8 heteroatoms. The van der Waals surface area contributed by atoms with Crippen molar-refractivity contribution in [3.05, 3.63) is 59.4 Å². The summed E-state index contributed by atoms with van der Waals surface area (Å²) in [4.78, 5) is 8.61. The Morgan fingerprint density at radius 2 is 2.04 bits per heavy atom. The van der Waals surface area contributed by atoms with E-state index in [0.717, 1.165) is 23.4 Å². The Balaban J connectivity index is 1.41. The van der Waals surface area contributed by atoms with Gasteiger partial charge in [-0.3, -0.25) is 10.1 Å². The first kappa shape index (κ1) is 18.6. The predicted octanol–water partition coefficient (Wildman–Crippen LogP) is 2.46. The SMILES string of the molecule is CN=C(NCCc1nc(-c2ccco2)n[nH]1)NCCc1ccc(F)cc1C. The second-order valence-corrected chi connectivity index (χ2v) is 6.08. The first-order chi connectivity index (χ1) is 13.2. The van der Waals surface area contributed by atoms with Gasteiger partial charge in [-0.15, -0.1) is 0 Å². The molecule has 0 aliphatic rings. The first-order valence-corrected chi connectivity index (χ1v) is 8.80. The molecule has 3 N–H and O–H groups in total. The smallest absolute Gasteiger partial charge is 0.216 e. The molecule has 0 bridgehead atoms. The van der Waals surface area contributed by atoms with E-state index in [-0.39, 0.29) is 5.82 Å². The zero-order valence-electron chi connectivity index (χ0n) is 15.4. The number of hydrogen-bond donors (Lipinski definition) is 3.